The van der Waals surface area contributed by atoms with Crippen LogP contribution in [0.4, 0.5) is 0 Å². The summed E-state index contributed by atoms with van der Waals surface area (Å²) in [5.41, 5.74) is 0. The van der Waals surface area contributed by atoms with Gasteiger partial charge < -0.3 is 9.47 Å². The van der Waals surface area contributed by atoms with E-state index in [-0.39, 0.29) is 6.79 Å². The normalized spacial score (nSPS) is 13.5. The number of hydrogen-bond donors (Lipinski definition) is 0. The lowest BCUT2D eigenvalue weighted by molar-refractivity contribution is 0.113. The molecule has 0 bridgehead atoms. The van der Waals surface area contributed by atoms with Gasteiger partial charge in [-0.15, -0.1) is 0 Å². The Hall–Kier alpha value is -1.61. The average Bonchev–Trinajstić information content (AvgIpc) is 2.29. The van der Waals surface area contributed by atoms with E-state index >= 15 is 0 Å². The highest BCUT2D eigenvalue weighted by molar-refractivity contribution is 7.99. The van der Waals surface area contributed by atoms with E-state index < -0.39 is 0 Å². The highest BCUT2D eigenvalue weighted by Gasteiger charge is 2.12. The van der Waals surface area contributed by atoms with Gasteiger partial charge in [0.15, 0.2) is 0 Å². The monoisotopic (exact) mass is 230 g/mol. The van der Waals surface area contributed by atoms with Crippen molar-refractivity contribution in [2.24, 2.45) is 0 Å². The fourth-order valence-electron chi connectivity index (χ4n) is 1.58. The summed E-state index contributed by atoms with van der Waals surface area (Å²) in [6.07, 6.45) is 0. The Bertz CT molecular complexity index is 465. The first-order valence-corrected chi connectivity index (χ1v) is 5.87. The smallest absolute Gasteiger partial charge is 0.231 e. The highest BCUT2D eigenvalue weighted by Crippen LogP contribution is 2.40. The Balaban J connectivity index is 2.06. The lowest BCUT2D eigenvalue weighted by Gasteiger charge is -2.17. The molecule has 1 aliphatic rings. The molecule has 2 aromatic rings. The lowest BCUT2D eigenvalue weighted by atomic mass is 10.3. The van der Waals surface area contributed by atoms with E-state index in [4.69, 9.17) is 9.47 Å². The van der Waals surface area contributed by atoms with Crippen molar-refractivity contribution in [3.8, 4) is 11.5 Å². The fraction of sp³-hybridized carbons (Fsp3) is 0.0769. The Morgan fingerprint density at radius 3 is 1.81 bits per heavy atom. The van der Waals surface area contributed by atoms with Gasteiger partial charge in [-0.1, -0.05) is 36.0 Å². The SMILES string of the molecule is c1ccc2c(c1)OCOc1ccccc1S2. The lowest BCUT2D eigenvalue weighted by Crippen LogP contribution is -2.08. The van der Waals surface area contributed by atoms with Crippen molar-refractivity contribution in [3.63, 3.8) is 0 Å². The molecule has 16 heavy (non-hydrogen) atoms. The summed E-state index contributed by atoms with van der Waals surface area (Å²) in [5, 5.41) is 0. The second-order valence-electron chi connectivity index (χ2n) is 3.40. The minimum atomic E-state index is 0.259. The number of benzene rings is 2. The summed E-state index contributed by atoms with van der Waals surface area (Å²) in [4.78, 5) is 2.25. The first-order valence-electron chi connectivity index (χ1n) is 5.05. The average molecular weight is 230 g/mol. The highest BCUT2D eigenvalue weighted by atomic mass is 32.2. The Morgan fingerprint density at radius 2 is 1.25 bits per heavy atom. The molecule has 0 N–H and O–H groups in total. The van der Waals surface area contributed by atoms with Crippen LogP contribution in [0.5, 0.6) is 11.5 Å². The molecule has 0 unspecified atom stereocenters. The predicted molar refractivity (Wildman–Crippen MR) is 63.1 cm³/mol. The molecule has 0 spiro atoms. The van der Waals surface area contributed by atoms with Gasteiger partial charge in [0.1, 0.15) is 11.5 Å². The van der Waals surface area contributed by atoms with E-state index in [0.717, 1.165) is 21.3 Å². The maximum absolute atomic E-state index is 5.54. The minimum Gasteiger partial charge on any atom is -0.456 e. The van der Waals surface area contributed by atoms with E-state index in [1.807, 2.05) is 36.4 Å². The summed E-state index contributed by atoms with van der Waals surface area (Å²) in [5.74, 6) is 1.75. The molecule has 1 aliphatic heterocycles. The van der Waals surface area contributed by atoms with Gasteiger partial charge >= 0.3 is 0 Å². The van der Waals surface area contributed by atoms with Gasteiger partial charge in [0, 0.05) is 0 Å². The van der Waals surface area contributed by atoms with Gasteiger partial charge in [-0.2, -0.15) is 0 Å². The largest absolute Gasteiger partial charge is 0.456 e. The minimum absolute atomic E-state index is 0.259. The molecule has 0 saturated carbocycles. The predicted octanol–water partition coefficient (Wildman–Crippen LogP) is 3.57. The van der Waals surface area contributed by atoms with Crippen molar-refractivity contribution in [2.45, 2.75) is 9.79 Å². The van der Waals surface area contributed by atoms with Crippen LogP contribution in [0.25, 0.3) is 0 Å². The Morgan fingerprint density at radius 1 is 0.750 bits per heavy atom. The third kappa shape index (κ3) is 1.74. The van der Waals surface area contributed by atoms with Gasteiger partial charge in [-0.05, 0) is 24.3 Å². The van der Waals surface area contributed by atoms with E-state index in [9.17, 15) is 0 Å². The van der Waals surface area contributed by atoms with Gasteiger partial charge in [-0.25, -0.2) is 0 Å². The molecule has 0 fully saturated rings. The van der Waals surface area contributed by atoms with Crippen LogP contribution in [0.1, 0.15) is 0 Å². The van der Waals surface area contributed by atoms with Gasteiger partial charge in [0.05, 0.1) is 9.79 Å². The third-order valence-electron chi connectivity index (χ3n) is 2.35. The quantitative estimate of drug-likeness (QED) is 0.689. The zero-order chi connectivity index (χ0) is 10.8. The Kier molecular flexibility index (Phi) is 2.46. The molecule has 80 valence electrons. The number of rotatable bonds is 0. The van der Waals surface area contributed by atoms with Crippen LogP contribution in [-0.2, 0) is 0 Å². The van der Waals surface area contributed by atoms with Crippen LogP contribution < -0.4 is 9.47 Å². The number of hydrogen-bond acceptors (Lipinski definition) is 3. The molecule has 3 heteroatoms. The number of ether oxygens (including phenoxy) is 2. The van der Waals surface area contributed by atoms with Crippen LogP contribution in [0, 0.1) is 0 Å². The van der Waals surface area contributed by atoms with E-state index in [1.165, 1.54) is 0 Å². The van der Waals surface area contributed by atoms with Crippen molar-refractivity contribution >= 4 is 11.8 Å². The van der Waals surface area contributed by atoms with Crippen molar-refractivity contribution in [1.29, 1.82) is 0 Å². The van der Waals surface area contributed by atoms with Crippen molar-refractivity contribution in [1.82, 2.24) is 0 Å². The molecule has 1 heterocycles. The van der Waals surface area contributed by atoms with Gasteiger partial charge in [0.2, 0.25) is 6.79 Å². The fourth-order valence-corrected chi connectivity index (χ4v) is 2.57. The van der Waals surface area contributed by atoms with Crippen molar-refractivity contribution in [3.05, 3.63) is 48.5 Å². The van der Waals surface area contributed by atoms with Crippen LogP contribution >= 0.6 is 11.8 Å². The first-order chi connectivity index (χ1) is 7.93. The molecule has 3 rings (SSSR count). The molecule has 0 saturated heterocycles. The third-order valence-corrected chi connectivity index (χ3v) is 3.46. The zero-order valence-corrected chi connectivity index (χ0v) is 9.37. The van der Waals surface area contributed by atoms with Gasteiger partial charge in [0.25, 0.3) is 0 Å². The summed E-state index contributed by atoms with van der Waals surface area (Å²) in [6.45, 7) is 0.259. The topological polar surface area (TPSA) is 18.5 Å². The summed E-state index contributed by atoms with van der Waals surface area (Å²) < 4.78 is 11.1. The van der Waals surface area contributed by atoms with Crippen LogP contribution in [0.2, 0.25) is 0 Å². The molecule has 2 aromatic carbocycles. The first kappa shape index (κ1) is 9.60. The number of fused-ring (bicyclic) bond motifs is 2. The van der Waals surface area contributed by atoms with E-state index in [0.29, 0.717) is 0 Å². The van der Waals surface area contributed by atoms with Crippen LogP contribution in [0.15, 0.2) is 58.3 Å². The standard InChI is InChI=1S/C13H10O2S/c1-3-7-12-10(5-1)14-9-15-11-6-2-4-8-13(11)16-12/h1-8H,9H2. The van der Waals surface area contributed by atoms with Crippen LogP contribution in [-0.4, -0.2) is 6.79 Å². The second kappa shape index (κ2) is 4.10. The molecule has 2 nitrogen and oxygen atoms in total. The molecule has 0 atom stereocenters. The van der Waals surface area contributed by atoms with Gasteiger partial charge in [-0.3, -0.25) is 0 Å². The summed E-state index contributed by atoms with van der Waals surface area (Å²) in [7, 11) is 0. The second-order valence-corrected chi connectivity index (χ2v) is 4.49. The molecular weight excluding hydrogens is 220 g/mol. The molecule has 0 radical (unpaired) electrons. The number of para-hydroxylation sites is 2. The summed E-state index contributed by atoms with van der Waals surface area (Å²) in [6, 6.07) is 16.0. The maximum Gasteiger partial charge on any atom is 0.231 e. The zero-order valence-electron chi connectivity index (χ0n) is 8.55. The molecule has 0 aliphatic carbocycles. The van der Waals surface area contributed by atoms with E-state index in [2.05, 4.69) is 12.1 Å². The molecule has 0 aromatic heterocycles. The van der Waals surface area contributed by atoms with E-state index in [1.54, 1.807) is 11.8 Å². The summed E-state index contributed by atoms with van der Waals surface area (Å²) >= 11 is 1.67. The van der Waals surface area contributed by atoms with Crippen LogP contribution in [0.3, 0.4) is 0 Å². The maximum atomic E-state index is 5.54. The molecular formula is C13H10O2S. The van der Waals surface area contributed by atoms with Crippen molar-refractivity contribution < 1.29 is 9.47 Å². The Labute approximate surface area is 98.2 Å². The molecule has 0 amide bonds. The van der Waals surface area contributed by atoms with Crippen molar-refractivity contribution in [2.75, 3.05) is 6.79 Å².